The van der Waals surface area contributed by atoms with E-state index in [0.29, 0.717) is 6.54 Å². The number of ether oxygens (including phenoxy) is 2. The molecule has 0 amide bonds. The van der Waals surface area contributed by atoms with Crippen molar-refractivity contribution in [2.24, 2.45) is 4.99 Å². The van der Waals surface area contributed by atoms with E-state index in [1.54, 1.807) is 7.11 Å². The molecule has 1 aromatic rings. The topological polar surface area (TPSA) is 58.1 Å². The Morgan fingerprint density at radius 3 is 2.26 bits per heavy atom. The number of aliphatic imine (C=N–C) groups is 1. The van der Waals surface area contributed by atoms with Crippen LogP contribution in [0.3, 0.4) is 0 Å². The molecule has 6 nitrogen and oxygen atoms in total. The Balaban J connectivity index is 2.49. The van der Waals surface area contributed by atoms with Crippen molar-refractivity contribution >= 4 is 5.96 Å². The van der Waals surface area contributed by atoms with Crippen LogP contribution in [0.5, 0.6) is 5.75 Å². The van der Waals surface area contributed by atoms with E-state index in [2.05, 4.69) is 41.5 Å². The standard InChI is InChI=1S/C21H38N4O2/c1-5-25(6-2)16-8-14-22-21(23-15-9-17-27-7-3)24-18-19-10-12-20(26-4)13-11-19/h10-13H,5-9,14-18H2,1-4H3,(H2,22,23,24). The fraction of sp³-hybridized carbons (Fsp3) is 0.667. The average Bonchev–Trinajstić information content (AvgIpc) is 2.71. The molecule has 27 heavy (non-hydrogen) atoms. The number of methoxy groups -OCH3 is 1. The average molecular weight is 379 g/mol. The molecular weight excluding hydrogens is 340 g/mol. The highest BCUT2D eigenvalue weighted by Gasteiger charge is 2.02. The van der Waals surface area contributed by atoms with Crippen molar-refractivity contribution in [3.8, 4) is 5.75 Å². The van der Waals surface area contributed by atoms with Gasteiger partial charge in [0.1, 0.15) is 5.75 Å². The van der Waals surface area contributed by atoms with Crippen molar-refractivity contribution in [3.05, 3.63) is 29.8 Å². The summed E-state index contributed by atoms with van der Waals surface area (Å²) in [6.45, 7) is 13.7. The fourth-order valence-corrected chi connectivity index (χ4v) is 2.65. The van der Waals surface area contributed by atoms with Crippen LogP contribution in [-0.4, -0.2) is 63.9 Å². The normalized spacial score (nSPS) is 11.7. The first kappa shape index (κ1) is 23.2. The van der Waals surface area contributed by atoms with Crippen molar-refractivity contribution in [2.45, 2.75) is 40.2 Å². The van der Waals surface area contributed by atoms with Crippen LogP contribution in [-0.2, 0) is 11.3 Å². The van der Waals surface area contributed by atoms with Gasteiger partial charge in [0.05, 0.1) is 13.7 Å². The number of hydrogen-bond acceptors (Lipinski definition) is 4. The van der Waals surface area contributed by atoms with Gasteiger partial charge in [-0.25, -0.2) is 4.99 Å². The fourth-order valence-electron chi connectivity index (χ4n) is 2.65. The third-order valence-electron chi connectivity index (χ3n) is 4.38. The van der Waals surface area contributed by atoms with Gasteiger partial charge in [-0.1, -0.05) is 26.0 Å². The molecule has 0 unspecified atom stereocenters. The zero-order chi connectivity index (χ0) is 19.7. The number of nitrogens with zero attached hydrogens (tertiary/aromatic N) is 2. The van der Waals surface area contributed by atoms with Gasteiger partial charge in [-0.05, 0) is 57.1 Å². The molecule has 0 fully saturated rings. The molecule has 0 atom stereocenters. The second kappa shape index (κ2) is 15.3. The van der Waals surface area contributed by atoms with E-state index < -0.39 is 0 Å². The molecule has 0 aliphatic heterocycles. The first-order chi connectivity index (χ1) is 13.2. The van der Waals surface area contributed by atoms with Gasteiger partial charge in [0.25, 0.3) is 0 Å². The van der Waals surface area contributed by atoms with Gasteiger partial charge in [0.2, 0.25) is 0 Å². The summed E-state index contributed by atoms with van der Waals surface area (Å²) in [6, 6.07) is 8.04. The second-order valence-electron chi connectivity index (χ2n) is 6.30. The van der Waals surface area contributed by atoms with Gasteiger partial charge in [0.15, 0.2) is 5.96 Å². The summed E-state index contributed by atoms with van der Waals surface area (Å²) in [7, 11) is 1.68. The maximum absolute atomic E-state index is 5.40. The second-order valence-corrected chi connectivity index (χ2v) is 6.30. The molecule has 0 radical (unpaired) electrons. The number of benzene rings is 1. The summed E-state index contributed by atoms with van der Waals surface area (Å²) >= 11 is 0. The zero-order valence-electron chi connectivity index (χ0n) is 17.6. The summed E-state index contributed by atoms with van der Waals surface area (Å²) in [5.74, 6) is 1.73. The minimum atomic E-state index is 0.640. The monoisotopic (exact) mass is 378 g/mol. The quantitative estimate of drug-likeness (QED) is 0.296. The van der Waals surface area contributed by atoms with Crippen LogP contribution in [0.1, 0.15) is 39.2 Å². The van der Waals surface area contributed by atoms with Gasteiger partial charge in [0, 0.05) is 26.3 Å². The molecule has 1 aromatic carbocycles. The number of hydrogen-bond donors (Lipinski definition) is 2. The summed E-state index contributed by atoms with van der Waals surface area (Å²) in [5, 5.41) is 6.86. The predicted molar refractivity (Wildman–Crippen MR) is 114 cm³/mol. The summed E-state index contributed by atoms with van der Waals surface area (Å²) in [4.78, 5) is 7.16. The summed E-state index contributed by atoms with van der Waals surface area (Å²) in [6.07, 6.45) is 2.07. The first-order valence-electron chi connectivity index (χ1n) is 10.2. The third kappa shape index (κ3) is 10.8. The first-order valence-corrected chi connectivity index (χ1v) is 10.2. The minimum Gasteiger partial charge on any atom is -0.497 e. The largest absolute Gasteiger partial charge is 0.497 e. The summed E-state index contributed by atoms with van der Waals surface area (Å²) in [5.41, 5.74) is 1.16. The highest BCUT2D eigenvalue weighted by Crippen LogP contribution is 2.11. The zero-order valence-corrected chi connectivity index (χ0v) is 17.6. The van der Waals surface area contributed by atoms with E-state index in [-0.39, 0.29) is 0 Å². The van der Waals surface area contributed by atoms with Crippen LogP contribution < -0.4 is 15.4 Å². The molecule has 0 aromatic heterocycles. The van der Waals surface area contributed by atoms with E-state index in [9.17, 15) is 0 Å². The van der Waals surface area contributed by atoms with E-state index in [1.807, 2.05) is 19.1 Å². The molecule has 0 spiro atoms. The van der Waals surface area contributed by atoms with Crippen LogP contribution in [0, 0.1) is 0 Å². The van der Waals surface area contributed by atoms with Gasteiger partial charge in [-0.15, -0.1) is 0 Å². The molecule has 0 saturated heterocycles. The molecule has 1 rings (SSSR count). The Labute approximate surface area is 165 Å². The van der Waals surface area contributed by atoms with Crippen molar-refractivity contribution in [2.75, 3.05) is 53.0 Å². The van der Waals surface area contributed by atoms with Crippen molar-refractivity contribution in [1.29, 1.82) is 0 Å². The van der Waals surface area contributed by atoms with Crippen LogP contribution in [0.2, 0.25) is 0 Å². The number of guanidine groups is 1. The lowest BCUT2D eigenvalue weighted by Crippen LogP contribution is -2.39. The molecule has 0 saturated carbocycles. The molecule has 154 valence electrons. The lowest BCUT2D eigenvalue weighted by atomic mass is 10.2. The molecule has 6 heteroatoms. The molecule has 0 heterocycles. The predicted octanol–water partition coefficient (Wildman–Crippen LogP) is 2.89. The van der Waals surface area contributed by atoms with Crippen LogP contribution in [0.4, 0.5) is 0 Å². The van der Waals surface area contributed by atoms with Gasteiger partial charge in [-0.3, -0.25) is 0 Å². The Kier molecular flexibility index (Phi) is 13.2. The maximum Gasteiger partial charge on any atom is 0.191 e. The highest BCUT2D eigenvalue weighted by molar-refractivity contribution is 5.79. The van der Waals surface area contributed by atoms with E-state index in [4.69, 9.17) is 14.5 Å². The van der Waals surface area contributed by atoms with Crippen molar-refractivity contribution < 1.29 is 9.47 Å². The third-order valence-corrected chi connectivity index (χ3v) is 4.38. The molecule has 0 bridgehead atoms. The maximum atomic E-state index is 5.40. The molecule has 0 aliphatic rings. The van der Waals surface area contributed by atoms with E-state index >= 15 is 0 Å². The summed E-state index contributed by atoms with van der Waals surface area (Å²) < 4.78 is 10.6. The van der Waals surface area contributed by atoms with Crippen LogP contribution in [0.25, 0.3) is 0 Å². The Morgan fingerprint density at radius 2 is 1.67 bits per heavy atom. The lowest BCUT2D eigenvalue weighted by Gasteiger charge is -2.18. The SMILES string of the molecule is CCOCCCNC(=NCc1ccc(OC)cc1)NCCCN(CC)CC. The molecule has 0 aliphatic carbocycles. The number of rotatable bonds is 14. The van der Waals surface area contributed by atoms with Crippen molar-refractivity contribution in [3.63, 3.8) is 0 Å². The Hall–Kier alpha value is -1.79. The smallest absolute Gasteiger partial charge is 0.191 e. The molecular formula is C21H38N4O2. The lowest BCUT2D eigenvalue weighted by molar-refractivity contribution is 0.145. The van der Waals surface area contributed by atoms with Gasteiger partial charge < -0.3 is 25.0 Å². The van der Waals surface area contributed by atoms with Crippen LogP contribution in [0.15, 0.2) is 29.3 Å². The Morgan fingerprint density at radius 1 is 1.00 bits per heavy atom. The molecule has 2 N–H and O–H groups in total. The van der Waals surface area contributed by atoms with Crippen LogP contribution >= 0.6 is 0 Å². The van der Waals surface area contributed by atoms with E-state index in [0.717, 1.165) is 76.1 Å². The van der Waals surface area contributed by atoms with Crippen molar-refractivity contribution in [1.82, 2.24) is 15.5 Å². The van der Waals surface area contributed by atoms with E-state index in [1.165, 1.54) is 0 Å². The highest BCUT2D eigenvalue weighted by atomic mass is 16.5. The Bertz CT molecular complexity index is 501. The minimum absolute atomic E-state index is 0.640. The van der Waals surface area contributed by atoms with Gasteiger partial charge >= 0.3 is 0 Å². The van der Waals surface area contributed by atoms with Gasteiger partial charge in [-0.2, -0.15) is 0 Å². The number of nitrogens with one attached hydrogen (secondary N) is 2.